The van der Waals surface area contributed by atoms with Gasteiger partial charge in [0.05, 0.1) is 31.0 Å². The third-order valence-electron chi connectivity index (χ3n) is 7.76. The van der Waals surface area contributed by atoms with Gasteiger partial charge in [-0.15, -0.1) is 0 Å². The molecule has 3 unspecified atom stereocenters. The molecule has 3 saturated heterocycles. The van der Waals surface area contributed by atoms with Crippen molar-refractivity contribution in [3.05, 3.63) is 71.6 Å². The van der Waals surface area contributed by atoms with Crippen LogP contribution in [0.5, 0.6) is 5.88 Å². The minimum absolute atomic E-state index is 0.0207. The number of piperazine rings is 1. The zero-order valence-corrected chi connectivity index (χ0v) is 23.2. The molecule has 0 amide bonds. The van der Waals surface area contributed by atoms with E-state index in [1.165, 1.54) is 13.2 Å². The maximum absolute atomic E-state index is 14.1. The molecule has 0 aliphatic carbocycles. The summed E-state index contributed by atoms with van der Waals surface area (Å²) in [6, 6.07) is 10.6. The second-order valence-corrected chi connectivity index (χ2v) is 10.6. The molecule has 0 radical (unpaired) electrons. The van der Waals surface area contributed by atoms with E-state index in [-0.39, 0.29) is 11.8 Å². The molecule has 10 heteroatoms. The summed E-state index contributed by atoms with van der Waals surface area (Å²) in [5.74, 6) is 7.03. The van der Waals surface area contributed by atoms with Crippen LogP contribution in [0, 0.1) is 34.9 Å². The van der Waals surface area contributed by atoms with Crippen molar-refractivity contribution < 1.29 is 13.9 Å². The molecule has 2 bridgehead atoms. The summed E-state index contributed by atoms with van der Waals surface area (Å²) >= 11 is 0. The highest BCUT2D eigenvalue weighted by Gasteiger charge is 2.44. The fraction of sp³-hybridized carbons (Fsp3) is 0.355. The number of hydrogen-bond donors (Lipinski definition) is 0. The molecule has 0 spiro atoms. The molecule has 9 nitrogen and oxygen atoms in total. The lowest BCUT2D eigenvalue weighted by atomic mass is 9.87. The lowest BCUT2D eigenvalue weighted by Gasteiger charge is -2.56. The number of aromatic nitrogens is 4. The van der Waals surface area contributed by atoms with Crippen molar-refractivity contribution in [2.24, 2.45) is 5.92 Å². The summed E-state index contributed by atoms with van der Waals surface area (Å²) in [4.78, 5) is 13.6. The Morgan fingerprint density at radius 1 is 1.12 bits per heavy atom. The van der Waals surface area contributed by atoms with E-state index in [4.69, 9.17) is 14.5 Å². The molecule has 3 fully saturated rings. The molecule has 7 heterocycles. The molecule has 0 aromatic carbocycles. The quantitative estimate of drug-likeness (QED) is 0.320. The number of hydrogen-bond acceptors (Lipinski definition) is 8. The van der Waals surface area contributed by atoms with E-state index in [0.29, 0.717) is 30.8 Å². The monoisotopic (exact) mass is 551 g/mol. The number of rotatable bonds is 7. The Kier molecular flexibility index (Phi) is 7.27. The van der Waals surface area contributed by atoms with Gasteiger partial charge >= 0.3 is 0 Å². The van der Waals surface area contributed by atoms with Gasteiger partial charge in [0.1, 0.15) is 11.9 Å². The molecule has 41 heavy (non-hydrogen) atoms. The van der Waals surface area contributed by atoms with E-state index in [0.717, 1.165) is 53.1 Å². The molecule has 0 saturated carbocycles. The third-order valence-corrected chi connectivity index (χ3v) is 7.76. The fourth-order valence-electron chi connectivity index (χ4n) is 5.77. The molecular weight excluding hydrogens is 521 g/mol. The van der Waals surface area contributed by atoms with Crippen LogP contribution < -0.4 is 9.64 Å². The van der Waals surface area contributed by atoms with Crippen LogP contribution >= 0.6 is 0 Å². The van der Waals surface area contributed by atoms with Gasteiger partial charge in [-0.05, 0) is 43.2 Å². The zero-order valence-electron chi connectivity index (χ0n) is 23.2. The Morgan fingerprint density at radius 3 is 2.63 bits per heavy atom. The molecule has 4 aromatic heterocycles. The summed E-state index contributed by atoms with van der Waals surface area (Å²) in [6.07, 6.45) is 8.08. The number of pyridine rings is 3. The predicted molar refractivity (Wildman–Crippen MR) is 152 cm³/mol. The average molecular weight is 552 g/mol. The van der Waals surface area contributed by atoms with E-state index in [1.54, 1.807) is 24.0 Å². The van der Waals surface area contributed by atoms with Gasteiger partial charge in [-0.3, -0.25) is 4.90 Å². The summed E-state index contributed by atoms with van der Waals surface area (Å²) in [5.41, 5.74) is 4.63. The highest BCUT2D eigenvalue weighted by molar-refractivity contribution is 5.85. The lowest BCUT2D eigenvalue weighted by molar-refractivity contribution is -0.00884. The molecule has 3 aliphatic heterocycles. The first kappa shape index (κ1) is 26.7. The van der Waals surface area contributed by atoms with E-state index in [2.05, 4.69) is 37.8 Å². The lowest BCUT2D eigenvalue weighted by Crippen LogP contribution is -2.68. The van der Waals surface area contributed by atoms with Crippen molar-refractivity contribution in [3.8, 4) is 34.9 Å². The third kappa shape index (κ3) is 5.20. The van der Waals surface area contributed by atoms with Gasteiger partial charge in [0.25, 0.3) is 0 Å². The maximum atomic E-state index is 14.1. The molecule has 3 atom stereocenters. The van der Waals surface area contributed by atoms with Crippen LogP contribution in [0.25, 0.3) is 16.6 Å². The van der Waals surface area contributed by atoms with E-state index in [9.17, 15) is 9.65 Å². The van der Waals surface area contributed by atoms with Gasteiger partial charge in [-0.25, -0.2) is 18.9 Å². The van der Waals surface area contributed by atoms with Crippen molar-refractivity contribution in [2.75, 3.05) is 38.8 Å². The number of halogens is 1. The Balaban J connectivity index is 1.20. The summed E-state index contributed by atoms with van der Waals surface area (Å²) < 4.78 is 26.0. The van der Waals surface area contributed by atoms with Crippen LogP contribution in [-0.2, 0) is 11.3 Å². The van der Waals surface area contributed by atoms with E-state index in [1.807, 2.05) is 37.5 Å². The number of nitrogens with zero attached hydrogens (tertiary/aromatic N) is 7. The molecule has 0 N–H and O–H groups in total. The summed E-state index contributed by atoms with van der Waals surface area (Å²) in [7, 11) is 3.08. The average Bonchev–Trinajstić information content (AvgIpc) is 3.42. The van der Waals surface area contributed by atoms with Crippen LogP contribution in [0.4, 0.5) is 10.2 Å². The van der Waals surface area contributed by atoms with E-state index >= 15 is 0 Å². The molecule has 3 aliphatic rings. The van der Waals surface area contributed by atoms with Crippen LogP contribution in [0.2, 0.25) is 0 Å². The Morgan fingerprint density at radius 2 is 1.95 bits per heavy atom. The fourth-order valence-corrected chi connectivity index (χ4v) is 5.77. The number of ether oxygens (including phenoxy) is 2. The van der Waals surface area contributed by atoms with Gasteiger partial charge in [-0.2, -0.15) is 10.4 Å². The first-order valence-corrected chi connectivity index (χ1v) is 13.5. The molecule has 4 aromatic rings. The standard InChI is InChI=1S/C31H30FN7O2/c1-20(19-40-2)4-5-21-8-27(30-24(11-33)14-36-39(30)16-21)23-6-7-29(34-13-23)37-17-25-10-26(18-37)38(25)15-22-9-28(32)31(41-3)35-12-22/h6-9,12-14,16,20,25-26H,10,15,17-19H2,1-3H3. The number of piperidine rings is 1. The van der Waals surface area contributed by atoms with Crippen LogP contribution in [0.15, 0.2) is 49.1 Å². The first-order valence-electron chi connectivity index (χ1n) is 13.5. The number of anilines is 1. The van der Waals surface area contributed by atoms with Gasteiger partial charge < -0.3 is 14.4 Å². The topological polar surface area (TPSA) is 91.8 Å². The van der Waals surface area contributed by atoms with Gasteiger partial charge in [0.15, 0.2) is 5.82 Å². The van der Waals surface area contributed by atoms with Gasteiger partial charge in [0.2, 0.25) is 5.88 Å². The number of fused-ring (bicyclic) bond motifs is 3. The Hall–Kier alpha value is -4.51. The minimum atomic E-state index is -0.435. The Bertz CT molecular complexity index is 1670. The van der Waals surface area contributed by atoms with Gasteiger partial charge in [0, 0.05) is 80.0 Å². The van der Waals surface area contributed by atoms with Crippen LogP contribution in [0.1, 0.15) is 30.0 Å². The minimum Gasteiger partial charge on any atom is -0.479 e. The number of nitriles is 1. The largest absolute Gasteiger partial charge is 0.479 e. The van der Waals surface area contributed by atoms with E-state index < -0.39 is 5.82 Å². The number of methoxy groups -OCH3 is 2. The molecular formula is C31H30FN7O2. The van der Waals surface area contributed by atoms with Crippen molar-refractivity contribution >= 4 is 11.3 Å². The highest BCUT2D eigenvalue weighted by atomic mass is 19.1. The molecule has 7 rings (SSSR count). The SMILES string of the molecule is COCC(C)C#Cc1cc(-c2ccc(N3CC4CC(C3)N4Cc3cnc(OC)c(F)c3)nc2)c2c(C#N)cnn2c1. The Labute approximate surface area is 238 Å². The normalized spacial score (nSPS) is 18.8. The zero-order chi connectivity index (χ0) is 28.5. The van der Waals surface area contributed by atoms with Crippen molar-refractivity contribution in [3.63, 3.8) is 0 Å². The molecule has 208 valence electrons. The van der Waals surface area contributed by atoms with Crippen molar-refractivity contribution in [1.82, 2.24) is 24.5 Å². The van der Waals surface area contributed by atoms with Gasteiger partial charge in [-0.1, -0.05) is 11.8 Å². The highest BCUT2D eigenvalue weighted by Crippen LogP contribution is 2.36. The van der Waals surface area contributed by atoms with Crippen LogP contribution in [0.3, 0.4) is 0 Å². The summed E-state index contributed by atoms with van der Waals surface area (Å²) in [6.45, 7) is 4.94. The first-order chi connectivity index (χ1) is 20.0. The second-order valence-electron chi connectivity index (χ2n) is 10.6. The predicted octanol–water partition coefficient (Wildman–Crippen LogP) is 3.91. The second kappa shape index (κ2) is 11.2. The van der Waals surface area contributed by atoms with Crippen molar-refractivity contribution in [1.29, 1.82) is 5.26 Å². The van der Waals surface area contributed by atoms with Crippen LogP contribution in [-0.4, -0.2) is 70.5 Å². The summed E-state index contributed by atoms with van der Waals surface area (Å²) in [5, 5.41) is 14.1. The maximum Gasteiger partial charge on any atom is 0.250 e. The smallest absolute Gasteiger partial charge is 0.250 e. The van der Waals surface area contributed by atoms with Crippen molar-refractivity contribution in [2.45, 2.75) is 32.0 Å².